The van der Waals surface area contributed by atoms with Crippen molar-refractivity contribution in [2.45, 2.75) is 44.9 Å². The molecule has 256 valence electrons. The van der Waals surface area contributed by atoms with Gasteiger partial charge >= 0.3 is 0 Å². The fourth-order valence-electron chi connectivity index (χ4n) is 10.2. The molecule has 1 saturated carbocycles. The monoisotopic (exact) mass is 684 g/mol. The second-order valence-corrected chi connectivity index (χ2v) is 15.5. The van der Waals surface area contributed by atoms with E-state index in [4.69, 9.17) is 9.97 Å². The van der Waals surface area contributed by atoms with Crippen LogP contribution in [0, 0.1) is 13.8 Å². The minimum Gasteiger partial charge on any atom is -0.331 e. The van der Waals surface area contributed by atoms with Gasteiger partial charge in [-0.1, -0.05) is 104 Å². The first-order valence-corrected chi connectivity index (χ1v) is 19.0. The summed E-state index contributed by atoms with van der Waals surface area (Å²) in [6.07, 6.45) is 4.92. The lowest BCUT2D eigenvalue weighted by molar-refractivity contribution is 0.551. The number of fused-ring (bicyclic) bond motifs is 9. The molecule has 0 unspecified atom stereocenters. The quantitative estimate of drug-likeness (QED) is 0.174. The molecule has 0 saturated heterocycles. The molecule has 2 aliphatic carbocycles. The van der Waals surface area contributed by atoms with Crippen molar-refractivity contribution in [3.63, 3.8) is 0 Å². The summed E-state index contributed by atoms with van der Waals surface area (Å²) in [5.74, 6) is 2.04. The third kappa shape index (κ3) is 4.18. The average molecular weight is 685 g/mol. The number of aromatic nitrogens is 4. The van der Waals surface area contributed by atoms with E-state index >= 15 is 0 Å². The first-order chi connectivity index (χ1) is 25.9. The van der Waals surface area contributed by atoms with Crippen molar-refractivity contribution in [1.82, 2.24) is 19.1 Å². The summed E-state index contributed by atoms with van der Waals surface area (Å²) in [7, 11) is 4.23. The fourth-order valence-corrected chi connectivity index (χ4v) is 10.2. The van der Waals surface area contributed by atoms with Gasteiger partial charge in [-0.15, -0.1) is 0 Å². The summed E-state index contributed by atoms with van der Waals surface area (Å²) in [5, 5.41) is 5.13. The molecule has 1 spiro atoms. The molecule has 1 fully saturated rings. The van der Waals surface area contributed by atoms with Gasteiger partial charge in [-0.2, -0.15) is 0 Å². The molecule has 2 aromatic heterocycles. The van der Waals surface area contributed by atoms with Crippen molar-refractivity contribution in [2.24, 2.45) is 14.1 Å². The molecule has 2 heterocycles. The smallest absolute Gasteiger partial charge is 0.106 e. The maximum absolute atomic E-state index is 4.82. The van der Waals surface area contributed by atoms with Crippen LogP contribution in [0.3, 0.4) is 0 Å². The lowest BCUT2D eigenvalue weighted by Gasteiger charge is -2.30. The summed E-state index contributed by atoms with van der Waals surface area (Å²) in [4.78, 5) is 9.64. The molecule has 11 rings (SSSR count). The van der Waals surface area contributed by atoms with Crippen LogP contribution in [0.2, 0.25) is 0 Å². The lowest BCUT2D eigenvalue weighted by atomic mass is 9.73. The van der Waals surface area contributed by atoms with E-state index in [2.05, 4.69) is 158 Å². The maximum atomic E-state index is 4.82. The van der Waals surface area contributed by atoms with Crippen LogP contribution in [-0.2, 0) is 19.5 Å². The van der Waals surface area contributed by atoms with Crippen molar-refractivity contribution in [2.75, 3.05) is 0 Å². The summed E-state index contributed by atoms with van der Waals surface area (Å²) < 4.78 is 4.40. The number of aryl methyl sites for hydroxylation is 4. The zero-order valence-corrected chi connectivity index (χ0v) is 30.7. The number of rotatable bonds is 3. The van der Waals surface area contributed by atoms with Crippen LogP contribution in [0.4, 0.5) is 0 Å². The maximum Gasteiger partial charge on any atom is 0.106 e. The van der Waals surface area contributed by atoms with E-state index in [1.165, 1.54) is 103 Å². The molecule has 53 heavy (non-hydrogen) atoms. The molecular weight excluding hydrogens is 645 g/mol. The highest BCUT2D eigenvalue weighted by Gasteiger charge is 2.46. The van der Waals surface area contributed by atoms with Crippen molar-refractivity contribution in [1.29, 1.82) is 0 Å². The van der Waals surface area contributed by atoms with Crippen molar-refractivity contribution >= 4 is 43.6 Å². The van der Waals surface area contributed by atoms with Crippen LogP contribution in [0.25, 0.3) is 88.1 Å². The Balaban J connectivity index is 1.27. The number of benzene rings is 7. The van der Waals surface area contributed by atoms with Crippen molar-refractivity contribution in [3.05, 3.63) is 144 Å². The van der Waals surface area contributed by atoms with Gasteiger partial charge in [0.1, 0.15) is 11.6 Å². The molecular formula is C49H40N4. The number of nitrogens with zero attached hydrogens (tertiary/aromatic N) is 4. The predicted molar refractivity (Wildman–Crippen MR) is 220 cm³/mol. The van der Waals surface area contributed by atoms with Crippen LogP contribution in [0.15, 0.2) is 121 Å². The van der Waals surface area contributed by atoms with E-state index < -0.39 is 0 Å². The van der Waals surface area contributed by atoms with E-state index in [0.717, 1.165) is 33.7 Å². The third-order valence-corrected chi connectivity index (χ3v) is 12.9. The fraction of sp³-hybridized carbons (Fsp3) is 0.184. The second-order valence-electron chi connectivity index (χ2n) is 15.5. The van der Waals surface area contributed by atoms with E-state index in [1.807, 2.05) is 0 Å². The Labute approximate surface area is 309 Å². The van der Waals surface area contributed by atoms with E-state index in [-0.39, 0.29) is 5.41 Å². The molecule has 0 amide bonds. The Morgan fingerprint density at radius 2 is 1.00 bits per heavy atom. The molecule has 0 N–H and O–H groups in total. The van der Waals surface area contributed by atoms with Gasteiger partial charge in [-0.05, 0) is 134 Å². The average Bonchev–Trinajstić information content (AvgIpc) is 3.94. The minimum atomic E-state index is 0.0388. The standard InChI is InChI=1S/C49H40N4/c1-29-50-43-22-20-31(26-45(43)52(29)3)33-13-9-15-36-40(33)28-41-34(32-21-23-44-46(27-32)53(4)30(2)51-44)14-10-16-37(41)47(36)39-18-11-17-38-35-12-5-6-19-42(35)49(48(38)39)24-7-8-25-49/h5-6,9-23,26-28H,7-8,24-25H2,1-4H3. The van der Waals surface area contributed by atoms with Gasteiger partial charge in [0.25, 0.3) is 0 Å². The van der Waals surface area contributed by atoms with Gasteiger partial charge in [-0.25, -0.2) is 9.97 Å². The van der Waals surface area contributed by atoms with Crippen LogP contribution in [-0.4, -0.2) is 19.1 Å². The van der Waals surface area contributed by atoms with Crippen LogP contribution >= 0.6 is 0 Å². The summed E-state index contributed by atoms with van der Waals surface area (Å²) >= 11 is 0. The van der Waals surface area contributed by atoms with Gasteiger partial charge in [0.2, 0.25) is 0 Å². The molecule has 0 bridgehead atoms. The van der Waals surface area contributed by atoms with Gasteiger partial charge in [0.05, 0.1) is 22.1 Å². The highest BCUT2D eigenvalue weighted by molar-refractivity contribution is 6.20. The third-order valence-electron chi connectivity index (χ3n) is 12.9. The molecule has 4 nitrogen and oxygen atoms in total. The first-order valence-electron chi connectivity index (χ1n) is 19.0. The van der Waals surface area contributed by atoms with Crippen molar-refractivity contribution < 1.29 is 0 Å². The topological polar surface area (TPSA) is 35.6 Å². The van der Waals surface area contributed by atoms with Crippen LogP contribution < -0.4 is 0 Å². The zero-order chi connectivity index (χ0) is 35.6. The largest absolute Gasteiger partial charge is 0.331 e. The summed E-state index contributed by atoms with van der Waals surface area (Å²) in [5.41, 5.74) is 17.9. The van der Waals surface area contributed by atoms with E-state index in [0.29, 0.717) is 0 Å². The predicted octanol–water partition coefficient (Wildman–Crippen LogP) is 12.2. The highest BCUT2D eigenvalue weighted by Crippen LogP contribution is 2.60. The number of imidazole rings is 2. The second kappa shape index (κ2) is 11.0. The van der Waals surface area contributed by atoms with Crippen LogP contribution in [0.5, 0.6) is 0 Å². The molecule has 0 radical (unpaired) electrons. The first kappa shape index (κ1) is 30.6. The molecule has 0 atom stereocenters. The summed E-state index contributed by atoms with van der Waals surface area (Å²) in [6, 6.07) is 46.2. The van der Waals surface area contributed by atoms with Crippen LogP contribution in [0.1, 0.15) is 48.5 Å². The van der Waals surface area contributed by atoms with Gasteiger partial charge in [-0.3, -0.25) is 0 Å². The molecule has 2 aliphatic rings. The highest BCUT2D eigenvalue weighted by atomic mass is 15.1. The molecule has 4 heteroatoms. The van der Waals surface area contributed by atoms with Gasteiger partial charge in [0, 0.05) is 19.5 Å². The Morgan fingerprint density at radius 1 is 0.491 bits per heavy atom. The number of hydrogen-bond acceptors (Lipinski definition) is 2. The molecule has 9 aromatic rings. The van der Waals surface area contributed by atoms with Gasteiger partial charge in [0.15, 0.2) is 0 Å². The Kier molecular flexibility index (Phi) is 6.36. The Hall–Kier alpha value is -6.00. The lowest BCUT2D eigenvalue weighted by Crippen LogP contribution is -2.21. The molecule has 7 aromatic carbocycles. The SMILES string of the molecule is Cc1nc2ccc(-c3cccc4c(-c5cccc6c5C5(CCCC5)c5ccccc5-6)c5cccc(-c6ccc7nc(C)n(C)c7c6)c5cc34)cc2n1C. The van der Waals surface area contributed by atoms with E-state index in [9.17, 15) is 0 Å². The normalized spacial score (nSPS) is 14.6. The zero-order valence-electron chi connectivity index (χ0n) is 30.7. The molecule has 0 aliphatic heterocycles. The number of hydrogen-bond donors (Lipinski definition) is 0. The van der Waals surface area contributed by atoms with E-state index in [1.54, 1.807) is 0 Å². The Morgan fingerprint density at radius 3 is 1.60 bits per heavy atom. The minimum absolute atomic E-state index is 0.0388. The summed E-state index contributed by atoms with van der Waals surface area (Å²) in [6.45, 7) is 4.16. The van der Waals surface area contributed by atoms with Crippen molar-refractivity contribution in [3.8, 4) is 44.5 Å². The Bertz CT molecular complexity index is 2860. The van der Waals surface area contributed by atoms with Gasteiger partial charge < -0.3 is 9.13 Å².